The normalized spacial score (nSPS) is 22.4. The number of H-pyrrole nitrogens is 1. The standard InChI is InChI=1S/C11H17N3O2/c12-8-3-5-14(7-8)11(16)6-10(15)9-2-1-4-13-9/h1-2,4,8,10,13,15H,3,5-7,12H2. The van der Waals surface area contributed by atoms with E-state index in [0.29, 0.717) is 18.8 Å². The molecule has 1 fully saturated rings. The number of hydrogen-bond acceptors (Lipinski definition) is 3. The van der Waals surface area contributed by atoms with Crippen LogP contribution in [0.3, 0.4) is 0 Å². The van der Waals surface area contributed by atoms with Crippen LogP contribution < -0.4 is 5.73 Å². The molecule has 16 heavy (non-hydrogen) atoms. The van der Waals surface area contributed by atoms with Gasteiger partial charge in [0.05, 0.1) is 6.42 Å². The van der Waals surface area contributed by atoms with E-state index in [1.165, 1.54) is 0 Å². The van der Waals surface area contributed by atoms with Crippen LogP contribution in [0.15, 0.2) is 18.3 Å². The lowest BCUT2D eigenvalue weighted by Crippen LogP contribution is -2.32. The van der Waals surface area contributed by atoms with Crippen molar-refractivity contribution in [1.82, 2.24) is 9.88 Å². The summed E-state index contributed by atoms with van der Waals surface area (Å²) in [7, 11) is 0. The second kappa shape index (κ2) is 4.67. The first-order chi connectivity index (χ1) is 7.66. The van der Waals surface area contributed by atoms with Crippen LogP contribution in [0.2, 0.25) is 0 Å². The maximum absolute atomic E-state index is 11.8. The van der Waals surface area contributed by atoms with Gasteiger partial charge in [0.1, 0.15) is 6.10 Å². The monoisotopic (exact) mass is 223 g/mol. The average Bonchev–Trinajstić information content (AvgIpc) is 2.87. The van der Waals surface area contributed by atoms with E-state index in [-0.39, 0.29) is 18.4 Å². The Hall–Kier alpha value is -1.33. The lowest BCUT2D eigenvalue weighted by atomic mass is 10.2. The number of aromatic nitrogens is 1. The first-order valence-electron chi connectivity index (χ1n) is 5.51. The maximum atomic E-state index is 11.8. The highest BCUT2D eigenvalue weighted by atomic mass is 16.3. The van der Waals surface area contributed by atoms with Gasteiger partial charge in [-0.3, -0.25) is 4.79 Å². The fraction of sp³-hybridized carbons (Fsp3) is 0.545. The lowest BCUT2D eigenvalue weighted by Gasteiger charge is -2.17. The van der Waals surface area contributed by atoms with Gasteiger partial charge in [-0.15, -0.1) is 0 Å². The molecule has 2 atom stereocenters. The summed E-state index contributed by atoms with van der Waals surface area (Å²) in [6.45, 7) is 1.31. The average molecular weight is 223 g/mol. The van der Waals surface area contributed by atoms with Crippen molar-refractivity contribution in [3.05, 3.63) is 24.0 Å². The van der Waals surface area contributed by atoms with E-state index in [2.05, 4.69) is 4.98 Å². The third-order valence-corrected chi connectivity index (χ3v) is 2.93. The molecule has 1 amide bonds. The second-order valence-corrected chi connectivity index (χ2v) is 4.23. The van der Waals surface area contributed by atoms with Crippen molar-refractivity contribution in [2.24, 2.45) is 5.73 Å². The van der Waals surface area contributed by atoms with Gasteiger partial charge in [-0.2, -0.15) is 0 Å². The van der Waals surface area contributed by atoms with E-state index in [0.717, 1.165) is 6.42 Å². The SMILES string of the molecule is NC1CCN(C(=O)CC(O)c2ccc[nH]2)C1. The van der Waals surface area contributed by atoms with E-state index >= 15 is 0 Å². The Balaban J connectivity index is 1.88. The van der Waals surface area contributed by atoms with Crippen molar-refractivity contribution >= 4 is 5.91 Å². The zero-order valence-electron chi connectivity index (χ0n) is 9.10. The van der Waals surface area contributed by atoms with Crippen molar-refractivity contribution in [1.29, 1.82) is 0 Å². The molecule has 0 radical (unpaired) electrons. The molecule has 1 saturated heterocycles. The number of aliphatic hydroxyl groups is 1. The van der Waals surface area contributed by atoms with Gasteiger partial charge in [0.15, 0.2) is 0 Å². The van der Waals surface area contributed by atoms with E-state index < -0.39 is 6.10 Å². The van der Waals surface area contributed by atoms with Crippen LogP contribution in [0.25, 0.3) is 0 Å². The number of rotatable bonds is 3. The van der Waals surface area contributed by atoms with Crippen molar-refractivity contribution in [3.63, 3.8) is 0 Å². The minimum Gasteiger partial charge on any atom is -0.386 e. The molecule has 1 aliphatic rings. The zero-order chi connectivity index (χ0) is 11.5. The number of amides is 1. The smallest absolute Gasteiger partial charge is 0.225 e. The molecular weight excluding hydrogens is 206 g/mol. The number of nitrogens with one attached hydrogen (secondary N) is 1. The highest BCUT2D eigenvalue weighted by molar-refractivity contribution is 5.77. The minimum absolute atomic E-state index is 0.0324. The van der Waals surface area contributed by atoms with E-state index in [9.17, 15) is 9.90 Å². The third kappa shape index (κ3) is 2.43. The van der Waals surface area contributed by atoms with Crippen molar-refractivity contribution in [3.8, 4) is 0 Å². The summed E-state index contributed by atoms with van der Waals surface area (Å²) < 4.78 is 0. The molecule has 2 unspecified atom stereocenters. The van der Waals surface area contributed by atoms with Gasteiger partial charge < -0.3 is 20.7 Å². The Labute approximate surface area is 94.2 Å². The van der Waals surface area contributed by atoms with Gasteiger partial charge in [0.2, 0.25) is 5.91 Å². The van der Waals surface area contributed by atoms with Gasteiger partial charge in [-0.1, -0.05) is 0 Å². The quantitative estimate of drug-likeness (QED) is 0.674. The Bertz CT molecular complexity index is 350. The molecule has 5 nitrogen and oxygen atoms in total. The molecule has 88 valence electrons. The summed E-state index contributed by atoms with van der Waals surface area (Å²) in [6, 6.07) is 3.66. The number of likely N-dealkylation sites (tertiary alicyclic amines) is 1. The van der Waals surface area contributed by atoms with E-state index in [1.54, 1.807) is 23.2 Å². The van der Waals surface area contributed by atoms with Gasteiger partial charge in [-0.25, -0.2) is 0 Å². The van der Waals surface area contributed by atoms with Crippen LogP contribution in [0.1, 0.15) is 24.6 Å². The fourth-order valence-electron chi connectivity index (χ4n) is 1.97. The Kier molecular flexibility index (Phi) is 3.26. The lowest BCUT2D eigenvalue weighted by molar-refractivity contribution is -0.132. The fourth-order valence-corrected chi connectivity index (χ4v) is 1.97. The molecule has 5 heteroatoms. The number of nitrogens with two attached hydrogens (primary N) is 1. The second-order valence-electron chi connectivity index (χ2n) is 4.23. The molecule has 4 N–H and O–H groups in total. The van der Waals surface area contributed by atoms with Crippen LogP contribution in [0.4, 0.5) is 0 Å². The molecule has 1 aliphatic heterocycles. The third-order valence-electron chi connectivity index (χ3n) is 2.93. The van der Waals surface area contributed by atoms with Gasteiger partial charge in [-0.05, 0) is 18.6 Å². The summed E-state index contributed by atoms with van der Waals surface area (Å²) in [5.74, 6) is -0.0324. The number of nitrogens with zero attached hydrogens (tertiary/aromatic N) is 1. The number of carbonyl (C=O) groups excluding carboxylic acids is 1. The first kappa shape index (κ1) is 11.2. The molecule has 0 aromatic carbocycles. The Morgan fingerprint density at radius 3 is 3.12 bits per heavy atom. The van der Waals surface area contributed by atoms with Crippen LogP contribution in [0.5, 0.6) is 0 Å². The van der Waals surface area contributed by atoms with Crippen LogP contribution in [0, 0.1) is 0 Å². The van der Waals surface area contributed by atoms with Crippen LogP contribution >= 0.6 is 0 Å². The molecule has 1 aromatic heterocycles. The van der Waals surface area contributed by atoms with Gasteiger partial charge in [0, 0.05) is 31.0 Å². The van der Waals surface area contributed by atoms with Crippen molar-refractivity contribution in [2.75, 3.05) is 13.1 Å². The number of aliphatic hydroxyl groups excluding tert-OH is 1. The van der Waals surface area contributed by atoms with Crippen LogP contribution in [-0.2, 0) is 4.79 Å². The summed E-state index contributed by atoms with van der Waals surface area (Å²) >= 11 is 0. The first-order valence-corrected chi connectivity index (χ1v) is 5.51. The highest BCUT2D eigenvalue weighted by Gasteiger charge is 2.25. The topological polar surface area (TPSA) is 82.3 Å². The van der Waals surface area contributed by atoms with Crippen molar-refractivity contribution in [2.45, 2.75) is 25.0 Å². The molecule has 2 heterocycles. The molecule has 0 bridgehead atoms. The van der Waals surface area contributed by atoms with E-state index in [1.807, 2.05) is 0 Å². The van der Waals surface area contributed by atoms with Crippen molar-refractivity contribution < 1.29 is 9.90 Å². The minimum atomic E-state index is -0.751. The zero-order valence-corrected chi connectivity index (χ0v) is 9.10. The summed E-state index contributed by atoms with van der Waals surface area (Å²) in [5.41, 5.74) is 6.40. The Morgan fingerprint density at radius 2 is 2.56 bits per heavy atom. The molecule has 0 aliphatic carbocycles. The van der Waals surface area contributed by atoms with Gasteiger partial charge >= 0.3 is 0 Å². The summed E-state index contributed by atoms with van der Waals surface area (Å²) in [4.78, 5) is 16.4. The molecule has 1 aromatic rings. The number of aromatic amines is 1. The summed E-state index contributed by atoms with van der Waals surface area (Å²) in [5, 5.41) is 9.80. The maximum Gasteiger partial charge on any atom is 0.225 e. The predicted molar refractivity (Wildman–Crippen MR) is 59.5 cm³/mol. The molecular formula is C11H17N3O2. The Morgan fingerprint density at radius 1 is 1.75 bits per heavy atom. The molecule has 2 rings (SSSR count). The summed E-state index contributed by atoms with van der Waals surface area (Å²) in [6.07, 6.45) is 1.95. The van der Waals surface area contributed by atoms with E-state index in [4.69, 9.17) is 5.73 Å². The largest absolute Gasteiger partial charge is 0.386 e. The predicted octanol–water partition coefficient (Wildman–Crippen LogP) is -0.00220. The molecule has 0 spiro atoms. The number of carbonyl (C=O) groups is 1. The highest BCUT2D eigenvalue weighted by Crippen LogP contribution is 2.17. The number of hydrogen-bond donors (Lipinski definition) is 3. The molecule has 0 saturated carbocycles. The van der Waals surface area contributed by atoms with Crippen LogP contribution in [-0.4, -0.2) is 40.0 Å². The van der Waals surface area contributed by atoms with Gasteiger partial charge in [0.25, 0.3) is 0 Å².